The van der Waals surface area contributed by atoms with Gasteiger partial charge in [0.25, 0.3) is 0 Å². The number of imidazole rings is 1. The lowest BCUT2D eigenvalue weighted by Gasteiger charge is -2.56. The number of hydrogen-bond acceptors (Lipinski definition) is 4. The monoisotopic (exact) mass is 435 g/mol. The number of anilines is 1. The standard InChI is InChI=1S/C25H33N5O2/c31-23(15-25-12-17-8-18(13-25)10-19(9-17)14-25)28-22-3-1-2-21-27-20(16-30(21)22)11-24(32)29-6-4-26-5-7-29/h1-3,16-19,26H,4-15H2,(H,28,31). The number of nitrogens with one attached hydrogen (secondary N) is 2. The van der Waals surface area contributed by atoms with E-state index < -0.39 is 0 Å². The summed E-state index contributed by atoms with van der Waals surface area (Å²) in [6, 6.07) is 5.77. The number of hydrogen-bond donors (Lipinski definition) is 2. The zero-order chi connectivity index (χ0) is 21.7. The van der Waals surface area contributed by atoms with Gasteiger partial charge in [0, 0.05) is 38.8 Å². The molecule has 2 amide bonds. The summed E-state index contributed by atoms with van der Waals surface area (Å²) in [5.74, 6) is 3.52. The Morgan fingerprint density at radius 2 is 1.75 bits per heavy atom. The normalized spacial score (nSPS) is 31.2. The van der Waals surface area contributed by atoms with Gasteiger partial charge in [-0.3, -0.25) is 14.0 Å². The van der Waals surface area contributed by atoms with Crippen LogP contribution < -0.4 is 10.6 Å². The third-order valence-corrected chi connectivity index (χ3v) is 8.31. The SMILES string of the molecule is O=C(CC12CC3CC(CC(C3)C1)C2)Nc1cccc2nc(CC(=O)N3CCNCC3)cn12. The number of fused-ring (bicyclic) bond motifs is 1. The summed E-state index contributed by atoms with van der Waals surface area (Å²) in [4.78, 5) is 32.3. The van der Waals surface area contributed by atoms with Crippen molar-refractivity contribution in [2.45, 2.75) is 51.4 Å². The Labute approximate surface area is 188 Å². The molecule has 0 unspecified atom stereocenters. The number of carbonyl (C=O) groups excluding carboxylic acids is 2. The van der Waals surface area contributed by atoms with Crippen molar-refractivity contribution in [1.82, 2.24) is 19.6 Å². The van der Waals surface area contributed by atoms with E-state index in [2.05, 4.69) is 15.6 Å². The van der Waals surface area contributed by atoms with Gasteiger partial charge in [0.2, 0.25) is 11.8 Å². The van der Waals surface area contributed by atoms with Crippen molar-refractivity contribution in [2.24, 2.45) is 23.2 Å². The zero-order valence-corrected chi connectivity index (χ0v) is 18.7. The fourth-order valence-corrected chi connectivity index (χ4v) is 7.46. The molecule has 4 aliphatic carbocycles. The summed E-state index contributed by atoms with van der Waals surface area (Å²) in [7, 11) is 0. The van der Waals surface area contributed by atoms with E-state index in [1.165, 1.54) is 38.5 Å². The number of piperazine rings is 1. The Kier molecular flexibility index (Phi) is 4.97. The van der Waals surface area contributed by atoms with Gasteiger partial charge in [-0.1, -0.05) is 6.07 Å². The molecule has 0 atom stereocenters. The first kappa shape index (κ1) is 20.2. The van der Waals surface area contributed by atoms with E-state index in [1.54, 1.807) is 0 Å². The molecule has 32 heavy (non-hydrogen) atoms. The van der Waals surface area contributed by atoms with E-state index in [0.717, 1.165) is 61.1 Å². The minimum Gasteiger partial charge on any atom is -0.340 e. The van der Waals surface area contributed by atoms with Crippen LogP contribution in [0.5, 0.6) is 0 Å². The third kappa shape index (κ3) is 3.81. The Bertz CT molecular complexity index is 1000. The molecule has 3 heterocycles. The van der Waals surface area contributed by atoms with Crippen molar-refractivity contribution < 1.29 is 9.59 Å². The molecule has 0 aromatic carbocycles. The van der Waals surface area contributed by atoms with Crippen molar-refractivity contribution in [3.63, 3.8) is 0 Å². The lowest BCUT2D eigenvalue weighted by Crippen LogP contribution is -2.47. The van der Waals surface area contributed by atoms with Gasteiger partial charge in [0.05, 0.1) is 12.1 Å². The van der Waals surface area contributed by atoms with Crippen LogP contribution in [0.1, 0.15) is 50.6 Å². The van der Waals surface area contributed by atoms with Crippen molar-refractivity contribution in [3.8, 4) is 0 Å². The molecule has 5 aliphatic rings. The molecule has 7 nitrogen and oxygen atoms in total. The summed E-state index contributed by atoms with van der Waals surface area (Å²) < 4.78 is 1.91. The molecule has 170 valence electrons. The van der Waals surface area contributed by atoms with Crippen LogP contribution in [-0.2, 0) is 16.0 Å². The first-order valence-corrected chi connectivity index (χ1v) is 12.3. The third-order valence-electron chi connectivity index (χ3n) is 8.31. The van der Waals surface area contributed by atoms with Gasteiger partial charge < -0.3 is 15.5 Å². The van der Waals surface area contributed by atoms with E-state index >= 15 is 0 Å². The Morgan fingerprint density at radius 1 is 1.06 bits per heavy atom. The maximum Gasteiger partial charge on any atom is 0.228 e. The van der Waals surface area contributed by atoms with E-state index in [0.29, 0.717) is 12.8 Å². The van der Waals surface area contributed by atoms with E-state index in [-0.39, 0.29) is 17.2 Å². The molecule has 7 rings (SSSR count). The highest BCUT2D eigenvalue weighted by molar-refractivity contribution is 5.90. The van der Waals surface area contributed by atoms with Gasteiger partial charge in [-0.05, 0) is 73.8 Å². The molecule has 2 aromatic heterocycles. The predicted molar refractivity (Wildman–Crippen MR) is 122 cm³/mol. The van der Waals surface area contributed by atoms with Gasteiger partial charge in [-0.15, -0.1) is 0 Å². The molecular weight excluding hydrogens is 402 g/mol. The molecule has 4 bridgehead atoms. The zero-order valence-electron chi connectivity index (χ0n) is 18.7. The number of pyridine rings is 1. The predicted octanol–water partition coefficient (Wildman–Crippen LogP) is 2.85. The van der Waals surface area contributed by atoms with Gasteiger partial charge in [-0.2, -0.15) is 0 Å². The minimum atomic E-state index is 0.113. The maximum absolute atomic E-state index is 13.1. The van der Waals surface area contributed by atoms with Gasteiger partial charge >= 0.3 is 0 Å². The number of carbonyl (C=O) groups is 2. The molecule has 7 heteroatoms. The average Bonchev–Trinajstić information content (AvgIpc) is 3.16. The maximum atomic E-state index is 13.1. The van der Waals surface area contributed by atoms with Crippen LogP contribution in [-0.4, -0.2) is 52.3 Å². The average molecular weight is 436 g/mol. The van der Waals surface area contributed by atoms with Crippen LogP contribution in [0.4, 0.5) is 5.82 Å². The van der Waals surface area contributed by atoms with Crippen LogP contribution in [0.15, 0.2) is 24.4 Å². The summed E-state index contributed by atoms with van der Waals surface area (Å²) in [5.41, 5.74) is 1.74. The van der Waals surface area contributed by atoms with Crippen molar-refractivity contribution in [3.05, 3.63) is 30.1 Å². The molecule has 1 saturated heterocycles. The smallest absolute Gasteiger partial charge is 0.228 e. The highest BCUT2D eigenvalue weighted by atomic mass is 16.2. The van der Waals surface area contributed by atoms with E-state index in [1.807, 2.05) is 33.7 Å². The Hall–Kier alpha value is -2.41. The summed E-state index contributed by atoms with van der Waals surface area (Å²) >= 11 is 0. The topological polar surface area (TPSA) is 78.7 Å². The van der Waals surface area contributed by atoms with Crippen LogP contribution in [0.2, 0.25) is 0 Å². The second-order valence-corrected chi connectivity index (χ2v) is 10.8. The second kappa shape index (κ2) is 7.87. The number of nitrogens with zero attached hydrogens (tertiary/aromatic N) is 3. The Morgan fingerprint density at radius 3 is 2.44 bits per heavy atom. The molecule has 2 aromatic rings. The van der Waals surface area contributed by atoms with E-state index in [9.17, 15) is 9.59 Å². The number of aromatic nitrogens is 2. The van der Waals surface area contributed by atoms with Crippen molar-refractivity contribution in [1.29, 1.82) is 0 Å². The molecule has 0 radical (unpaired) electrons. The number of rotatable bonds is 5. The molecule has 4 saturated carbocycles. The van der Waals surface area contributed by atoms with E-state index in [4.69, 9.17) is 0 Å². The first-order chi connectivity index (χ1) is 15.6. The van der Waals surface area contributed by atoms with Crippen molar-refractivity contribution in [2.75, 3.05) is 31.5 Å². The lowest BCUT2D eigenvalue weighted by atomic mass is 9.49. The highest BCUT2D eigenvalue weighted by Crippen LogP contribution is 2.61. The minimum absolute atomic E-state index is 0.113. The van der Waals surface area contributed by atoms with Gasteiger partial charge in [0.1, 0.15) is 11.5 Å². The summed E-state index contributed by atoms with van der Waals surface area (Å²) in [5, 5.41) is 6.44. The quantitative estimate of drug-likeness (QED) is 0.757. The Balaban J connectivity index is 1.15. The van der Waals surface area contributed by atoms with Gasteiger partial charge in [-0.25, -0.2) is 4.98 Å². The summed E-state index contributed by atoms with van der Waals surface area (Å²) in [6.45, 7) is 3.18. The van der Waals surface area contributed by atoms with Crippen LogP contribution in [0, 0.1) is 23.2 Å². The molecule has 5 fully saturated rings. The highest BCUT2D eigenvalue weighted by Gasteiger charge is 2.51. The van der Waals surface area contributed by atoms with Crippen LogP contribution in [0.25, 0.3) is 5.65 Å². The number of amides is 2. The van der Waals surface area contributed by atoms with Crippen molar-refractivity contribution >= 4 is 23.3 Å². The fourth-order valence-electron chi connectivity index (χ4n) is 7.46. The largest absolute Gasteiger partial charge is 0.340 e. The summed E-state index contributed by atoms with van der Waals surface area (Å²) in [6.07, 6.45) is 10.7. The first-order valence-electron chi connectivity index (χ1n) is 12.3. The molecule has 1 aliphatic heterocycles. The lowest BCUT2D eigenvalue weighted by molar-refractivity contribution is -0.131. The molecule has 0 spiro atoms. The van der Waals surface area contributed by atoms with Gasteiger partial charge in [0.15, 0.2) is 0 Å². The second-order valence-electron chi connectivity index (χ2n) is 10.8. The van der Waals surface area contributed by atoms with Crippen LogP contribution >= 0.6 is 0 Å². The molecule has 2 N–H and O–H groups in total. The molecular formula is C25H33N5O2. The van der Waals surface area contributed by atoms with Crippen LogP contribution in [0.3, 0.4) is 0 Å². The fraction of sp³-hybridized carbons (Fsp3) is 0.640.